The number of benzene rings is 2. The number of thioether (sulfide) groups is 1. The number of nitro groups is 1. The molecule has 1 aliphatic heterocycles. The zero-order chi connectivity index (χ0) is 19.1. The summed E-state index contributed by atoms with van der Waals surface area (Å²) in [7, 11) is 0. The highest BCUT2D eigenvalue weighted by atomic mass is 35.5. The van der Waals surface area contributed by atoms with Crippen molar-refractivity contribution >= 4 is 35.8 Å². The summed E-state index contributed by atoms with van der Waals surface area (Å²) in [5.74, 6) is 2.08. The maximum absolute atomic E-state index is 13.0. The van der Waals surface area contributed by atoms with Gasteiger partial charge in [0.15, 0.2) is 0 Å². The molecule has 0 bridgehead atoms. The number of carbonyl (C=O) groups excluding carboxylic acids is 1. The van der Waals surface area contributed by atoms with Crippen molar-refractivity contribution in [2.45, 2.75) is 19.0 Å². The van der Waals surface area contributed by atoms with Crippen LogP contribution in [0.25, 0.3) is 0 Å². The fourth-order valence-corrected chi connectivity index (χ4v) is 3.98. The van der Waals surface area contributed by atoms with Crippen molar-refractivity contribution < 1.29 is 9.72 Å². The summed E-state index contributed by atoms with van der Waals surface area (Å²) in [5.41, 5.74) is 2.10. The van der Waals surface area contributed by atoms with E-state index in [-0.39, 0.29) is 30.0 Å². The van der Waals surface area contributed by atoms with Crippen molar-refractivity contribution in [1.29, 1.82) is 0 Å². The normalized spacial score (nSPS) is 14.8. The first-order valence-corrected chi connectivity index (χ1v) is 10.2. The van der Waals surface area contributed by atoms with Crippen molar-refractivity contribution in [3.05, 3.63) is 75.8 Å². The molecule has 1 aliphatic rings. The van der Waals surface area contributed by atoms with Crippen molar-refractivity contribution in [3.63, 3.8) is 0 Å². The lowest BCUT2D eigenvalue weighted by Gasteiger charge is -2.30. The molecule has 1 atom stereocenters. The molecule has 0 spiro atoms. The van der Waals surface area contributed by atoms with Gasteiger partial charge in [-0.15, -0.1) is 12.4 Å². The van der Waals surface area contributed by atoms with E-state index < -0.39 is 4.92 Å². The summed E-state index contributed by atoms with van der Waals surface area (Å²) in [5, 5.41) is 14.1. The molecular formula is C20H24ClN3O3S. The largest absolute Gasteiger partial charge is 0.340 e. The maximum Gasteiger partial charge on any atom is 0.269 e. The second-order valence-electron chi connectivity index (χ2n) is 6.48. The van der Waals surface area contributed by atoms with Crippen molar-refractivity contribution in [3.8, 4) is 0 Å². The lowest BCUT2D eigenvalue weighted by Crippen LogP contribution is -2.50. The van der Waals surface area contributed by atoms with Gasteiger partial charge in [-0.1, -0.05) is 42.5 Å². The van der Waals surface area contributed by atoms with E-state index in [2.05, 4.69) is 5.32 Å². The molecule has 1 heterocycles. The van der Waals surface area contributed by atoms with E-state index in [1.165, 1.54) is 12.1 Å². The summed E-state index contributed by atoms with van der Waals surface area (Å²) in [6.07, 6.45) is 0.621. The van der Waals surface area contributed by atoms with Gasteiger partial charge in [-0.25, -0.2) is 0 Å². The van der Waals surface area contributed by atoms with E-state index in [0.29, 0.717) is 13.0 Å². The van der Waals surface area contributed by atoms with E-state index in [1.54, 1.807) is 12.1 Å². The Balaban J connectivity index is 0.00000280. The van der Waals surface area contributed by atoms with Crippen LogP contribution in [0.4, 0.5) is 5.69 Å². The minimum absolute atomic E-state index is 0. The van der Waals surface area contributed by atoms with Gasteiger partial charge in [-0.05, 0) is 17.5 Å². The maximum atomic E-state index is 13.0. The number of hydrogen-bond acceptors (Lipinski definition) is 5. The number of amides is 1. The number of nitrogens with zero attached hydrogens (tertiary/aromatic N) is 2. The molecule has 150 valence electrons. The Hall–Kier alpha value is -2.09. The van der Waals surface area contributed by atoms with Gasteiger partial charge in [0.05, 0.1) is 11.0 Å². The summed E-state index contributed by atoms with van der Waals surface area (Å²) in [4.78, 5) is 25.3. The van der Waals surface area contributed by atoms with E-state index in [9.17, 15) is 14.9 Å². The van der Waals surface area contributed by atoms with Gasteiger partial charge in [0.25, 0.3) is 5.69 Å². The number of halogens is 1. The van der Waals surface area contributed by atoms with Crippen molar-refractivity contribution in [2.24, 2.45) is 0 Å². The third kappa shape index (κ3) is 6.22. The molecule has 2 aromatic carbocycles. The first-order valence-electron chi connectivity index (χ1n) is 9.00. The third-order valence-corrected chi connectivity index (χ3v) is 5.55. The van der Waals surface area contributed by atoms with E-state index >= 15 is 0 Å². The quantitative estimate of drug-likeness (QED) is 0.548. The highest BCUT2D eigenvalue weighted by molar-refractivity contribution is 7.99. The Kier molecular flexibility index (Phi) is 8.76. The molecule has 1 fully saturated rings. The molecule has 0 saturated carbocycles. The second-order valence-corrected chi connectivity index (χ2v) is 7.71. The zero-order valence-corrected chi connectivity index (χ0v) is 17.1. The van der Waals surface area contributed by atoms with Gasteiger partial charge in [-0.2, -0.15) is 11.8 Å². The lowest BCUT2D eigenvalue weighted by atomic mass is 10.0. The molecule has 28 heavy (non-hydrogen) atoms. The van der Waals surface area contributed by atoms with Crippen LogP contribution in [0.1, 0.15) is 11.1 Å². The first-order chi connectivity index (χ1) is 13.1. The standard InChI is InChI=1S/C20H23N3O3S.ClH/c24-20(22-10-12-27-13-11-22)19(14-16-4-2-1-3-5-16)21-15-17-6-8-18(9-7-17)23(25)26;/h1-9,19,21H,10-15H2;1H. The molecule has 0 aliphatic carbocycles. The number of non-ortho nitro benzene ring substituents is 1. The Labute approximate surface area is 175 Å². The highest BCUT2D eigenvalue weighted by Crippen LogP contribution is 2.15. The van der Waals surface area contributed by atoms with Crippen LogP contribution in [0.5, 0.6) is 0 Å². The summed E-state index contributed by atoms with van der Waals surface area (Å²) in [6.45, 7) is 2.06. The molecule has 1 N–H and O–H groups in total. The second kappa shape index (κ2) is 11.0. The summed E-state index contributed by atoms with van der Waals surface area (Å²) >= 11 is 1.88. The minimum atomic E-state index is -0.409. The Bertz CT molecular complexity index is 768. The Morgan fingerprint density at radius 3 is 2.32 bits per heavy atom. The fraction of sp³-hybridized carbons (Fsp3) is 0.350. The number of hydrogen-bond donors (Lipinski definition) is 1. The molecule has 2 aromatic rings. The Morgan fingerprint density at radius 1 is 1.07 bits per heavy atom. The van der Waals surface area contributed by atoms with Crippen LogP contribution >= 0.6 is 24.2 Å². The SMILES string of the molecule is Cl.O=C(C(Cc1ccccc1)NCc1ccc([N+](=O)[O-])cc1)N1CCSCC1. The molecule has 6 nitrogen and oxygen atoms in total. The van der Waals surface area contributed by atoms with Gasteiger partial charge < -0.3 is 10.2 Å². The zero-order valence-electron chi connectivity index (χ0n) is 15.5. The van der Waals surface area contributed by atoms with Gasteiger partial charge in [-0.3, -0.25) is 14.9 Å². The van der Waals surface area contributed by atoms with E-state index in [1.807, 2.05) is 47.0 Å². The topological polar surface area (TPSA) is 75.5 Å². The van der Waals surface area contributed by atoms with Gasteiger partial charge in [0, 0.05) is 43.3 Å². The number of rotatable bonds is 7. The molecule has 1 saturated heterocycles. The van der Waals surface area contributed by atoms with Crippen LogP contribution in [0, 0.1) is 10.1 Å². The van der Waals surface area contributed by atoms with Crippen LogP contribution in [0.3, 0.4) is 0 Å². The average Bonchev–Trinajstić information content (AvgIpc) is 2.72. The smallest absolute Gasteiger partial charge is 0.269 e. The number of nitrogens with one attached hydrogen (secondary N) is 1. The molecule has 8 heteroatoms. The predicted molar refractivity (Wildman–Crippen MR) is 115 cm³/mol. The Morgan fingerprint density at radius 2 is 1.71 bits per heavy atom. The first kappa shape index (κ1) is 22.2. The minimum Gasteiger partial charge on any atom is -0.340 e. The van der Waals surface area contributed by atoms with Crippen molar-refractivity contribution in [2.75, 3.05) is 24.6 Å². The molecule has 0 radical (unpaired) electrons. The summed E-state index contributed by atoms with van der Waals surface area (Å²) in [6, 6.07) is 16.1. The molecule has 1 amide bonds. The van der Waals surface area contributed by atoms with Crippen LogP contribution < -0.4 is 5.32 Å². The van der Waals surface area contributed by atoms with E-state index in [0.717, 1.165) is 35.7 Å². The number of carbonyl (C=O) groups is 1. The lowest BCUT2D eigenvalue weighted by molar-refractivity contribution is -0.384. The van der Waals surface area contributed by atoms with Crippen LogP contribution in [-0.4, -0.2) is 46.4 Å². The average molecular weight is 422 g/mol. The van der Waals surface area contributed by atoms with Gasteiger partial charge in [0.2, 0.25) is 5.91 Å². The van der Waals surface area contributed by atoms with E-state index in [4.69, 9.17) is 0 Å². The van der Waals surface area contributed by atoms with Gasteiger partial charge in [0.1, 0.15) is 0 Å². The van der Waals surface area contributed by atoms with Crippen LogP contribution in [-0.2, 0) is 17.8 Å². The highest BCUT2D eigenvalue weighted by Gasteiger charge is 2.25. The van der Waals surface area contributed by atoms with Crippen LogP contribution in [0.2, 0.25) is 0 Å². The monoisotopic (exact) mass is 421 g/mol. The third-order valence-electron chi connectivity index (χ3n) is 4.60. The predicted octanol–water partition coefficient (Wildman–Crippen LogP) is 3.29. The fourth-order valence-electron chi connectivity index (χ4n) is 3.08. The molecule has 1 unspecified atom stereocenters. The number of nitro benzene ring substituents is 1. The van der Waals surface area contributed by atoms with Gasteiger partial charge >= 0.3 is 0 Å². The van der Waals surface area contributed by atoms with Crippen molar-refractivity contribution in [1.82, 2.24) is 10.2 Å². The molecular weight excluding hydrogens is 398 g/mol. The summed E-state index contributed by atoms with van der Waals surface area (Å²) < 4.78 is 0. The van der Waals surface area contributed by atoms with Crippen LogP contribution in [0.15, 0.2) is 54.6 Å². The molecule has 3 rings (SSSR count). The molecule has 0 aromatic heterocycles.